The molecule has 0 rings (SSSR count). The Morgan fingerprint density at radius 3 is 1.00 bits per heavy atom. The Hall–Kier alpha value is 1.62. The predicted molar refractivity (Wildman–Crippen MR) is 26.7 cm³/mol. The van der Waals surface area contributed by atoms with Crippen molar-refractivity contribution in [2.75, 3.05) is 0 Å². The van der Waals surface area contributed by atoms with E-state index in [-0.39, 0.29) is 42.9 Å². The van der Waals surface area contributed by atoms with Gasteiger partial charge in [0.15, 0.2) is 0 Å². The summed E-state index contributed by atoms with van der Waals surface area (Å²) in [5, 5.41) is 0.194. The Kier molecular flexibility index (Phi) is 13.0. The number of rotatable bonds is 0. The molecule has 0 aromatic carbocycles. The van der Waals surface area contributed by atoms with Crippen molar-refractivity contribution in [1.29, 1.82) is 0 Å². The summed E-state index contributed by atoms with van der Waals surface area (Å²) >= 11 is 0. The smallest absolute Gasteiger partial charge is 1.00 e. The van der Waals surface area contributed by atoms with Crippen LogP contribution in [-0.2, 0) is 0 Å². The Morgan fingerprint density at radius 1 is 1.00 bits per heavy atom. The SMILES string of the molecule is CC(C)(C)[P-2].[Li+].[Li+]. The standard InChI is InChI=1S/C4H9P.2Li/c1-4(2,3)5;;/h1-3H3;;/q-2;2*+1. The van der Waals surface area contributed by atoms with E-state index < -0.39 is 0 Å². The van der Waals surface area contributed by atoms with E-state index in [1.807, 2.05) is 0 Å². The van der Waals surface area contributed by atoms with Crippen molar-refractivity contribution in [1.82, 2.24) is 0 Å². The number of hydrogen-bond donors (Lipinski definition) is 0. The predicted octanol–water partition coefficient (Wildman–Crippen LogP) is -3.80. The monoisotopic (exact) mass is 102 g/mol. The van der Waals surface area contributed by atoms with E-state index in [0.717, 1.165) is 0 Å². The maximum atomic E-state index is 4.12. The minimum Gasteiger partial charge on any atom is -1.48 e. The molecule has 0 saturated carbocycles. The van der Waals surface area contributed by atoms with Crippen LogP contribution in [0, 0.1) is 0 Å². The van der Waals surface area contributed by atoms with E-state index in [2.05, 4.69) is 30.0 Å². The van der Waals surface area contributed by atoms with E-state index in [1.54, 1.807) is 0 Å². The maximum Gasteiger partial charge on any atom is 1.00 e. The van der Waals surface area contributed by atoms with Gasteiger partial charge >= 0.3 is 37.7 Å². The van der Waals surface area contributed by atoms with Crippen LogP contribution >= 0.6 is 9.24 Å². The molecule has 0 bridgehead atoms. The van der Waals surface area contributed by atoms with Crippen LogP contribution in [0.3, 0.4) is 0 Å². The Morgan fingerprint density at radius 2 is 1.00 bits per heavy atom. The second-order valence-corrected chi connectivity index (χ2v) is 3.51. The molecule has 0 amide bonds. The molecule has 0 spiro atoms. The molecule has 0 radical (unpaired) electrons. The van der Waals surface area contributed by atoms with Gasteiger partial charge in [0.05, 0.1) is 0 Å². The summed E-state index contributed by atoms with van der Waals surface area (Å²) in [4.78, 5) is 0. The van der Waals surface area contributed by atoms with Crippen LogP contribution in [0.1, 0.15) is 20.8 Å². The van der Waals surface area contributed by atoms with Crippen LogP contribution in [0.5, 0.6) is 0 Å². The Balaban J connectivity index is -0.0000000800. The third-order valence-electron chi connectivity index (χ3n) is 0. The van der Waals surface area contributed by atoms with Crippen molar-refractivity contribution >= 4 is 9.24 Å². The first-order chi connectivity index (χ1) is 2.00. The van der Waals surface area contributed by atoms with Crippen molar-refractivity contribution in [3.63, 3.8) is 0 Å². The summed E-state index contributed by atoms with van der Waals surface area (Å²) in [6.07, 6.45) is 0. The minimum atomic E-state index is 0. The van der Waals surface area contributed by atoms with Gasteiger partial charge in [0.25, 0.3) is 0 Å². The van der Waals surface area contributed by atoms with Crippen molar-refractivity contribution < 1.29 is 37.7 Å². The molecule has 3 heteroatoms. The van der Waals surface area contributed by atoms with Gasteiger partial charge in [-0.05, 0) is 0 Å². The van der Waals surface area contributed by atoms with E-state index in [4.69, 9.17) is 0 Å². The first kappa shape index (κ1) is 15.8. The molecule has 0 N–H and O–H groups in total. The normalized spacial score (nSPS) is 8.57. The molecule has 0 nitrogen and oxygen atoms in total. The maximum absolute atomic E-state index is 4.12. The second-order valence-electron chi connectivity index (χ2n) is 2.17. The van der Waals surface area contributed by atoms with Crippen LogP contribution in [-0.4, -0.2) is 5.16 Å². The largest absolute Gasteiger partial charge is 1.48 e. The van der Waals surface area contributed by atoms with Gasteiger partial charge in [0.2, 0.25) is 0 Å². The number of hydrogen-bond acceptors (Lipinski definition) is 0. The molecule has 0 saturated heterocycles. The Bertz CT molecular complexity index is 25.2. The zero-order chi connectivity index (χ0) is 4.50. The third kappa shape index (κ3) is 91.4. The van der Waals surface area contributed by atoms with Gasteiger partial charge in [0.1, 0.15) is 0 Å². The van der Waals surface area contributed by atoms with Gasteiger partial charge in [-0.3, -0.25) is 0 Å². The molecule has 0 heterocycles. The molecule has 0 aromatic rings. The average molecular weight is 102 g/mol. The van der Waals surface area contributed by atoms with Gasteiger partial charge in [0, 0.05) is 0 Å². The van der Waals surface area contributed by atoms with E-state index in [1.165, 1.54) is 0 Å². The van der Waals surface area contributed by atoms with Gasteiger partial charge < -0.3 is 14.4 Å². The van der Waals surface area contributed by atoms with E-state index in [0.29, 0.717) is 0 Å². The van der Waals surface area contributed by atoms with Gasteiger partial charge in [-0.15, -0.1) is 20.8 Å². The summed E-state index contributed by atoms with van der Waals surface area (Å²) < 4.78 is 0. The molecule has 0 aliphatic carbocycles. The third-order valence-corrected chi connectivity index (χ3v) is 0. The van der Waals surface area contributed by atoms with Crippen LogP contribution in [0.15, 0.2) is 0 Å². The van der Waals surface area contributed by atoms with Gasteiger partial charge in [-0.1, -0.05) is 0 Å². The van der Waals surface area contributed by atoms with Crippen LogP contribution in [0.2, 0.25) is 0 Å². The fourth-order valence-corrected chi connectivity index (χ4v) is 0. The minimum absolute atomic E-state index is 0. The molecule has 0 aliphatic rings. The van der Waals surface area contributed by atoms with Crippen LogP contribution < -0.4 is 37.7 Å². The zero-order valence-electron chi connectivity index (χ0n) is 5.95. The zero-order valence-corrected chi connectivity index (χ0v) is 6.84. The van der Waals surface area contributed by atoms with Crippen molar-refractivity contribution in [3.8, 4) is 0 Å². The first-order valence-electron chi connectivity index (χ1n) is 1.72. The Labute approximate surface area is 72.8 Å². The van der Waals surface area contributed by atoms with Crippen LogP contribution in [0.4, 0.5) is 0 Å². The summed E-state index contributed by atoms with van der Waals surface area (Å²) in [6.45, 7) is 6.16. The fraction of sp³-hybridized carbons (Fsp3) is 1.00. The summed E-state index contributed by atoms with van der Waals surface area (Å²) in [7, 11) is 4.12. The summed E-state index contributed by atoms with van der Waals surface area (Å²) in [5.74, 6) is 0. The van der Waals surface area contributed by atoms with E-state index >= 15 is 0 Å². The molecule has 0 aliphatic heterocycles. The van der Waals surface area contributed by atoms with Crippen molar-refractivity contribution in [2.24, 2.45) is 0 Å². The summed E-state index contributed by atoms with van der Waals surface area (Å²) in [5.41, 5.74) is 0. The fourth-order valence-electron chi connectivity index (χ4n) is 0. The molecule has 32 valence electrons. The molecule has 7 heavy (non-hydrogen) atoms. The second kappa shape index (κ2) is 5.76. The van der Waals surface area contributed by atoms with Gasteiger partial charge in [-0.25, -0.2) is 0 Å². The molecular weight excluding hydrogens is 92.9 g/mol. The van der Waals surface area contributed by atoms with Gasteiger partial charge in [-0.2, -0.15) is 0 Å². The molecule has 0 aromatic heterocycles. The average Bonchev–Trinajstić information content (AvgIpc) is 0.722. The molecular formula is C4H9Li2P. The van der Waals surface area contributed by atoms with Crippen molar-refractivity contribution in [2.45, 2.75) is 25.9 Å². The quantitative estimate of drug-likeness (QED) is 0.217. The van der Waals surface area contributed by atoms with Crippen molar-refractivity contribution in [3.05, 3.63) is 0 Å². The topological polar surface area (TPSA) is 0 Å². The summed E-state index contributed by atoms with van der Waals surface area (Å²) in [6, 6.07) is 0. The first-order valence-corrected chi connectivity index (χ1v) is 2.17. The van der Waals surface area contributed by atoms with E-state index in [9.17, 15) is 0 Å². The molecule has 0 atom stereocenters. The molecule has 0 fully saturated rings. The van der Waals surface area contributed by atoms with Crippen LogP contribution in [0.25, 0.3) is 0 Å². The molecule has 0 unspecified atom stereocenters.